The Morgan fingerprint density at radius 2 is 2.19 bits per heavy atom. The van der Waals surface area contributed by atoms with E-state index in [1.165, 1.54) is 0 Å². The molecular weight excluding hydrogens is 284 g/mol. The molecule has 1 atom stereocenters. The number of rotatable bonds is 10. The highest BCUT2D eigenvalue weighted by Crippen LogP contribution is 2.20. The number of nitrogens with zero attached hydrogens (tertiary/aromatic N) is 1. The van der Waals surface area contributed by atoms with Crippen LogP contribution >= 0.6 is 11.8 Å². The smallest absolute Gasteiger partial charge is 0.326 e. The summed E-state index contributed by atoms with van der Waals surface area (Å²) in [4.78, 5) is 16.3. The third kappa shape index (κ3) is 6.48. The number of unbranched alkanes of at least 4 members (excludes halogenated alkanes) is 1. The average Bonchev–Trinajstić information content (AvgIpc) is 2.48. The van der Waals surface area contributed by atoms with E-state index in [9.17, 15) is 4.79 Å². The fraction of sp³-hybridized carbons (Fsp3) is 0.625. The van der Waals surface area contributed by atoms with E-state index in [0.717, 1.165) is 36.6 Å². The minimum atomic E-state index is -0.569. The van der Waals surface area contributed by atoms with Crippen molar-refractivity contribution in [3.05, 3.63) is 24.4 Å². The fourth-order valence-electron chi connectivity index (χ4n) is 2.13. The number of likely N-dealkylation sites (N-methyl/N-ethyl adjacent to an activating group) is 1. The summed E-state index contributed by atoms with van der Waals surface area (Å²) < 4.78 is 5.17. The van der Waals surface area contributed by atoms with Crippen LogP contribution < -0.4 is 5.32 Å². The molecule has 1 aromatic rings. The van der Waals surface area contributed by atoms with Crippen molar-refractivity contribution in [2.24, 2.45) is 0 Å². The van der Waals surface area contributed by atoms with Crippen molar-refractivity contribution in [3.63, 3.8) is 0 Å². The molecule has 1 heterocycles. The Kier molecular flexibility index (Phi) is 8.38. The number of hydrogen-bond donors (Lipinski definition) is 1. The zero-order valence-electron chi connectivity index (χ0n) is 13.2. The summed E-state index contributed by atoms with van der Waals surface area (Å²) in [7, 11) is 0. The van der Waals surface area contributed by atoms with Crippen molar-refractivity contribution in [1.82, 2.24) is 10.3 Å². The van der Waals surface area contributed by atoms with Gasteiger partial charge in [-0.3, -0.25) is 4.79 Å². The van der Waals surface area contributed by atoms with Crippen LogP contribution in [0.5, 0.6) is 0 Å². The number of pyridine rings is 1. The van der Waals surface area contributed by atoms with E-state index in [1.54, 1.807) is 11.8 Å². The molecule has 1 unspecified atom stereocenters. The summed E-state index contributed by atoms with van der Waals surface area (Å²) in [6.45, 7) is 6.97. The van der Waals surface area contributed by atoms with Gasteiger partial charge in [0.2, 0.25) is 0 Å². The average molecular weight is 310 g/mol. The molecule has 0 aliphatic carbocycles. The Labute approximate surface area is 132 Å². The molecule has 1 rings (SSSR count). The molecule has 0 radical (unpaired) electrons. The second kappa shape index (κ2) is 9.79. The minimum absolute atomic E-state index is 0.149. The van der Waals surface area contributed by atoms with E-state index >= 15 is 0 Å². The Morgan fingerprint density at radius 3 is 2.81 bits per heavy atom. The molecule has 0 amide bonds. The molecule has 1 N–H and O–H groups in total. The van der Waals surface area contributed by atoms with Gasteiger partial charge in [-0.05, 0) is 51.1 Å². The summed E-state index contributed by atoms with van der Waals surface area (Å²) in [5.41, 5.74) is -0.569. The lowest BCUT2D eigenvalue weighted by molar-refractivity contribution is -0.150. The summed E-state index contributed by atoms with van der Waals surface area (Å²) in [6.07, 6.45) is 4.65. The molecular formula is C16H26N2O2S. The van der Waals surface area contributed by atoms with Crippen molar-refractivity contribution in [3.8, 4) is 0 Å². The van der Waals surface area contributed by atoms with Gasteiger partial charge in [0.1, 0.15) is 5.54 Å². The first-order valence-corrected chi connectivity index (χ1v) is 8.57. The lowest BCUT2D eigenvalue weighted by Crippen LogP contribution is -2.50. The van der Waals surface area contributed by atoms with Crippen molar-refractivity contribution >= 4 is 17.7 Å². The lowest BCUT2D eigenvalue weighted by atomic mass is 9.95. The van der Waals surface area contributed by atoms with Crippen LogP contribution in [0, 0.1) is 0 Å². The molecule has 0 saturated carbocycles. The van der Waals surface area contributed by atoms with Crippen molar-refractivity contribution in [2.45, 2.75) is 50.6 Å². The number of thioether (sulfide) groups is 1. The lowest BCUT2D eigenvalue weighted by Gasteiger charge is -2.28. The fourth-order valence-corrected chi connectivity index (χ4v) is 3.00. The quantitative estimate of drug-likeness (QED) is 0.408. The maximum Gasteiger partial charge on any atom is 0.326 e. The molecule has 0 aliphatic heterocycles. The van der Waals surface area contributed by atoms with Crippen molar-refractivity contribution < 1.29 is 9.53 Å². The highest BCUT2D eigenvalue weighted by molar-refractivity contribution is 7.99. The van der Waals surface area contributed by atoms with Crippen LogP contribution in [0.2, 0.25) is 0 Å². The van der Waals surface area contributed by atoms with Crippen LogP contribution in [0.15, 0.2) is 29.4 Å². The Hall–Kier alpha value is -1.07. The third-order valence-electron chi connectivity index (χ3n) is 3.25. The van der Waals surface area contributed by atoms with Gasteiger partial charge in [0.25, 0.3) is 0 Å². The van der Waals surface area contributed by atoms with Gasteiger partial charge in [-0.1, -0.05) is 19.4 Å². The summed E-state index contributed by atoms with van der Waals surface area (Å²) in [5, 5.41) is 4.31. The van der Waals surface area contributed by atoms with Gasteiger partial charge < -0.3 is 10.1 Å². The highest BCUT2D eigenvalue weighted by atomic mass is 32.2. The predicted octanol–water partition coefficient (Wildman–Crippen LogP) is 3.28. The van der Waals surface area contributed by atoms with E-state index in [4.69, 9.17) is 4.74 Å². The standard InChI is InChI=1S/C16H26N2O2S/c1-4-18-16(3,15(19)20-5-2)11-7-9-13-21-14-10-6-8-12-17-14/h6,8,10,12,18H,4-5,7,9,11,13H2,1-3H3. The number of ether oxygens (including phenoxy) is 1. The number of carbonyl (C=O) groups excluding carboxylic acids is 1. The number of esters is 1. The van der Waals surface area contributed by atoms with E-state index < -0.39 is 5.54 Å². The van der Waals surface area contributed by atoms with Crippen LogP contribution in [-0.4, -0.2) is 35.4 Å². The second-order valence-electron chi connectivity index (χ2n) is 5.06. The van der Waals surface area contributed by atoms with Gasteiger partial charge in [0.05, 0.1) is 11.6 Å². The van der Waals surface area contributed by atoms with E-state index in [1.807, 2.05) is 45.2 Å². The molecule has 0 bridgehead atoms. The van der Waals surface area contributed by atoms with Gasteiger partial charge in [0.15, 0.2) is 0 Å². The molecule has 0 spiro atoms. The van der Waals surface area contributed by atoms with E-state index in [2.05, 4.69) is 10.3 Å². The normalized spacial score (nSPS) is 13.7. The first-order valence-electron chi connectivity index (χ1n) is 7.58. The minimum Gasteiger partial charge on any atom is -0.465 e. The highest BCUT2D eigenvalue weighted by Gasteiger charge is 2.32. The Balaban J connectivity index is 2.31. The topological polar surface area (TPSA) is 51.2 Å². The Morgan fingerprint density at radius 1 is 1.38 bits per heavy atom. The van der Waals surface area contributed by atoms with E-state index in [0.29, 0.717) is 6.61 Å². The van der Waals surface area contributed by atoms with Gasteiger partial charge in [-0.2, -0.15) is 0 Å². The zero-order chi connectivity index (χ0) is 15.6. The van der Waals surface area contributed by atoms with Gasteiger partial charge in [-0.25, -0.2) is 4.98 Å². The number of aromatic nitrogens is 1. The predicted molar refractivity (Wildman–Crippen MR) is 87.5 cm³/mol. The number of hydrogen-bond acceptors (Lipinski definition) is 5. The molecule has 0 aliphatic rings. The summed E-state index contributed by atoms with van der Waals surface area (Å²) >= 11 is 1.76. The summed E-state index contributed by atoms with van der Waals surface area (Å²) in [5.74, 6) is 0.867. The molecule has 0 saturated heterocycles. The zero-order valence-corrected chi connectivity index (χ0v) is 14.0. The Bertz CT molecular complexity index is 414. The van der Waals surface area contributed by atoms with Gasteiger partial charge in [0, 0.05) is 6.20 Å². The molecule has 0 fully saturated rings. The van der Waals surface area contributed by atoms with Crippen LogP contribution in [0.1, 0.15) is 40.0 Å². The molecule has 5 heteroatoms. The third-order valence-corrected chi connectivity index (χ3v) is 4.28. The maximum absolute atomic E-state index is 12.0. The number of carbonyl (C=O) groups is 1. The SMILES string of the molecule is CCNC(C)(CCCCSc1ccccn1)C(=O)OCC. The first-order chi connectivity index (χ1) is 10.1. The molecule has 0 aromatic carbocycles. The van der Waals surface area contributed by atoms with Crippen LogP contribution in [0.25, 0.3) is 0 Å². The molecule has 21 heavy (non-hydrogen) atoms. The van der Waals surface area contributed by atoms with Crippen LogP contribution in [0.3, 0.4) is 0 Å². The maximum atomic E-state index is 12.0. The molecule has 118 valence electrons. The van der Waals surface area contributed by atoms with Crippen LogP contribution in [-0.2, 0) is 9.53 Å². The van der Waals surface area contributed by atoms with Gasteiger partial charge >= 0.3 is 5.97 Å². The van der Waals surface area contributed by atoms with Gasteiger partial charge in [-0.15, -0.1) is 11.8 Å². The number of nitrogens with one attached hydrogen (secondary N) is 1. The van der Waals surface area contributed by atoms with Crippen molar-refractivity contribution in [2.75, 3.05) is 18.9 Å². The monoisotopic (exact) mass is 310 g/mol. The van der Waals surface area contributed by atoms with Crippen molar-refractivity contribution in [1.29, 1.82) is 0 Å². The second-order valence-corrected chi connectivity index (χ2v) is 6.17. The van der Waals surface area contributed by atoms with Crippen LogP contribution in [0.4, 0.5) is 0 Å². The molecule has 4 nitrogen and oxygen atoms in total. The van der Waals surface area contributed by atoms with E-state index in [-0.39, 0.29) is 5.97 Å². The largest absolute Gasteiger partial charge is 0.465 e. The molecule has 1 aromatic heterocycles. The summed E-state index contributed by atoms with van der Waals surface area (Å²) in [6, 6.07) is 5.94. The first kappa shape index (κ1) is 18.0.